The van der Waals surface area contributed by atoms with Crippen LogP contribution in [-0.4, -0.2) is 31.5 Å². The molecule has 0 saturated heterocycles. The van der Waals surface area contributed by atoms with Crippen LogP contribution in [0.25, 0.3) is 0 Å². The normalized spacial score (nSPS) is 24.6. The first-order valence-corrected chi connectivity index (χ1v) is 7.40. The second-order valence-corrected chi connectivity index (χ2v) is 6.24. The number of carbonyl (C=O) groups is 1. The fourth-order valence-electron chi connectivity index (χ4n) is 2.73. The van der Waals surface area contributed by atoms with E-state index in [1.54, 1.807) is 7.11 Å². The van der Waals surface area contributed by atoms with Gasteiger partial charge in [0, 0.05) is 31.6 Å². The molecular weight excluding hydrogens is 250 g/mol. The first-order valence-electron chi connectivity index (χ1n) is 6.86. The van der Waals surface area contributed by atoms with Gasteiger partial charge in [0.05, 0.1) is 0 Å². The quantitative estimate of drug-likeness (QED) is 0.757. The first-order chi connectivity index (χ1) is 8.51. The predicted octanol–water partition coefficient (Wildman–Crippen LogP) is 2.96. The van der Waals surface area contributed by atoms with Crippen molar-refractivity contribution in [3.63, 3.8) is 0 Å². The van der Waals surface area contributed by atoms with Gasteiger partial charge in [-0.3, -0.25) is 4.79 Å². The molecule has 0 aromatic rings. The van der Waals surface area contributed by atoms with Gasteiger partial charge in [-0.2, -0.15) is 0 Å². The maximum Gasteiger partial charge on any atom is 0.223 e. The van der Waals surface area contributed by atoms with Gasteiger partial charge in [0.25, 0.3) is 0 Å². The number of ether oxygens (including phenoxy) is 1. The van der Waals surface area contributed by atoms with Crippen LogP contribution in [0.1, 0.15) is 46.0 Å². The Hall–Kier alpha value is -0.280. The van der Waals surface area contributed by atoms with Crippen molar-refractivity contribution in [2.24, 2.45) is 11.3 Å². The van der Waals surface area contributed by atoms with E-state index in [-0.39, 0.29) is 23.3 Å². The summed E-state index contributed by atoms with van der Waals surface area (Å²) in [4.78, 5) is 12.3. The van der Waals surface area contributed by atoms with Crippen molar-refractivity contribution in [1.82, 2.24) is 5.32 Å². The minimum Gasteiger partial charge on any atom is -0.385 e. The molecule has 0 aliphatic heterocycles. The molecule has 0 aromatic carbocycles. The van der Waals surface area contributed by atoms with Crippen molar-refractivity contribution in [3.8, 4) is 0 Å². The maximum absolute atomic E-state index is 12.3. The highest BCUT2D eigenvalue weighted by Gasteiger charge is 2.37. The summed E-state index contributed by atoms with van der Waals surface area (Å²) in [7, 11) is 1.66. The van der Waals surface area contributed by atoms with E-state index < -0.39 is 0 Å². The Balaban J connectivity index is 2.51. The van der Waals surface area contributed by atoms with E-state index >= 15 is 0 Å². The molecule has 106 valence electrons. The fourth-order valence-corrected chi connectivity index (χ4v) is 2.96. The van der Waals surface area contributed by atoms with Gasteiger partial charge in [0.15, 0.2) is 0 Å². The van der Waals surface area contributed by atoms with E-state index in [1.807, 2.05) is 0 Å². The molecule has 2 atom stereocenters. The first kappa shape index (κ1) is 15.8. The second kappa shape index (κ2) is 7.34. The molecule has 1 aliphatic rings. The van der Waals surface area contributed by atoms with Crippen molar-refractivity contribution in [2.45, 2.75) is 52.0 Å². The SMILES string of the molecule is COCCC(CCl)NC(=O)C1CCCCC1(C)C. The Morgan fingerprint density at radius 2 is 2.22 bits per heavy atom. The van der Waals surface area contributed by atoms with E-state index in [4.69, 9.17) is 16.3 Å². The van der Waals surface area contributed by atoms with Gasteiger partial charge >= 0.3 is 0 Å². The molecule has 1 fully saturated rings. The molecule has 0 heterocycles. The molecule has 1 rings (SSSR count). The molecule has 1 amide bonds. The minimum atomic E-state index is 0.0249. The number of hydrogen-bond donors (Lipinski definition) is 1. The van der Waals surface area contributed by atoms with Gasteiger partial charge in [-0.25, -0.2) is 0 Å². The predicted molar refractivity (Wildman–Crippen MR) is 74.9 cm³/mol. The van der Waals surface area contributed by atoms with E-state index in [0.29, 0.717) is 12.5 Å². The molecule has 1 saturated carbocycles. The van der Waals surface area contributed by atoms with Crippen LogP contribution in [0, 0.1) is 11.3 Å². The highest BCUT2D eigenvalue weighted by atomic mass is 35.5. The van der Waals surface area contributed by atoms with Crippen molar-refractivity contribution in [2.75, 3.05) is 19.6 Å². The van der Waals surface area contributed by atoms with Gasteiger partial charge in [0.1, 0.15) is 0 Å². The zero-order chi connectivity index (χ0) is 13.6. The van der Waals surface area contributed by atoms with Crippen molar-refractivity contribution in [1.29, 1.82) is 0 Å². The lowest BCUT2D eigenvalue weighted by molar-refractivity contribution is -0.130. The molecule has 0 bridgehead atoms. The van der Waals surface area contributed by atoms with Crippen LogP contribution in [-0.2, 0) is 9.53 Å². The second-order valence-electron chi connectivity index (χ2n) is 5.93. The van der Waals surface area contributed by atoms with Gasteiger partial charge in [-0.05, 0) is 24.7 Å². The van der Waals surface area contributed by atoms with Crippen molar-refractivity contribution in [3.05, 3.63) is 0 Å². The summed E-state index contributed by atoms with van der Waals surface area (Å²) in [5, 5.41) is 3.08. The Labute approximate surface area is 116 Å². The Bertz CT molecular complexity index is 269. The highest BCUT2D eigenvalue weighted by Crippen LogP contribution is 2.40. The Morgan fingerprint density at radius 3 is 2.78 bits per heavy atom. The topological polar surface area (TPSA) is 38.3 Å². The van der Waals surface area contributed by atoms with Gasteiger partial charge in [0.2, 0.25) is 5.91 Å². The standard InChI is InChI=1S/C14H26ClNO2/c1-14(2)8-5-4-6-12(14)13(17)16-11(10-15)7-9-18-3/h11-12H,4-10H2,1-3H3,(H,16,17). The number of nitrogens with one attached hydrogen (secondary N) is 1. The summed E-state index contributed by atoms with van der Waals surface area (Å²) in [5.41, 5.74) is 0.112. The number of alkyl halides is 1. The Morgan fingerprint density at radius 1 is 1.50 bits per heavy atom. The van der Waals surface area contributed by atoms with Crippen LogP contribution >= 0.6 is 11.6 Å². The fraction of sp³-hybridized carbons (Fsp3) is 0.929. The summed E-state index contributed by atoms with van der Waals surface area (Å²) in [6.45, 7) is 5.02. The molecule has 3 nitrogen and oxygen atoms in total. The van der Waals surface area contributed by atoms with Gasteiger partial charge in [-0.1, -0.05) is 26.7 Å². The van der Waals surface area contributed by atoms with Crippen molar-refractivity contribution >= 4 is 17.5 Å². The third-order valence-electron chi connectivity index (χ3n) is 4.03. The van der Waals surface area contributed by atoms with Crippen LogP contribution in [0.5, 0.6) is 0 Å². The molecule has 0 spiro atoms. The molecule has 4 heteroatoms. The number of rotatable bonds is 6. The Kier molecular flexibility index (Phi) is 6.44. The van der Waals surface area contributed by atoms with Crippen LogP contribution in [0.15, 0.2) is 0 Å². The van der Waals surface area contributed by atoms with E-state index in [9.17, 15) is 4.79 Å². The third kappa shape index (κ3) is 4.43. The summed E-state index contributed by atoms with van der Waals surface area (Å²) in [5.74, 6) is 0.739. The molecule has 18 heavy (non-hydrogen) atoms. The highest BCUT2D eigenvalue weighted by molar-refractivity contribution is 6.18. The van der Waals surface area contributed by atoms with Crippen LogP contribution in [0.4, 0.5) is 0 Å². The molecule has 0 radical (unpaired) electrons. The number of amides is 1. The summed E-state index contributed by atoms with van der Waals surface area (Å²) in [6, 6.07) is 0.0249. The lowest BCUT2D eigenvalue weighted by Gasteiger charge is -2.38. The van der Waals surface area contributed by atoms with Crippen LogP contribution in [0.2, 0.25) is 0 Å². The lowest BCUT2D eigenvalue weighted by atomic mass is 9.68. The molecule has 1 N–H and O–H groups in total. The van der Waals surface area contributed by atoms with E-state index in [2.05, 4.69) is 19.2 Å². The number of hydrogen-bond acceptors (Lipinski definition) is 2. The van der Waals surface area contributed by atoms with Crippen molar-refractivity contribution < 1.29 is 9.53 Å². The zero-order valence-electron chi connectivity index (χ0n) is 11.8. The lowest BCUT2D eigenvalue weighted by Crippen LogP contribution is -2.46. The number of carbonyl (C=O) groups excluding carboxylic acids is 1. The largest absolute Gasteiger partial charge is 0.385 e. The van der Waals surface area contributed by atoms with Crippen LogP contribution in [0.3, 0.4) is 0 Å². The third-order valence-corrected chi connectivity index (χ3v) is 4.40. The zero-order valence-corrected chi connectivity index (χ0v) is 12.6. The molecule has 0 aromatic heterocycles. The van der Waals surface area contributed by atoms with E-state index in [0.717, 1.165) is 25.7 Å². The summed E-state index contributed by atoms with van der Waals surface area (Å²) < 4.78 is 5.03. The monoisotopic (exact) mass is 275 g/mol. The molecule has 1 aliphatic carbocycles. The van der Waals surface area contributed by atoms with Crippen LogP contribution < -0.4 is 5.32 Å². The summed E-state index contributed by atoms with van der Waals surface area (Å²) in [6.07, 6.45) is 5.30. The minimum absolute atomic E-state index is 0.0249. The average molecular weight is 276 g/mol. The number of halogens is 1. The average Bonchev–Trinajstić information content (AvgIpc) is 2.33. The number of methoxy groups -OCH3 is 1. The van der Waals surface area contributed by atoms with Gasteiger partial charge < -0.3 is 10.1 Å². The summed E-state index contributed by atoms with van der Waals surface area (Å²) >= 11 is 5.89. The van der Waals surface area contributed by atoms with E-state index in [1.165, 1.54) is 6.42 Å². The molecule has 2 unspecified atom stereocenters. The molecular formula is C14H26ClNO2. The van der Waals surface area contributed by atoms with Gasteiger partial charge in [-0.15, -0.1) is 11.6 Å². The maximum atomic E-state index is 12.3. The smallest absolute Gasteiger partial charge is 0.223 e.